The fourth-order valence-electron chi connectivity index (χ4n) is 2.56. The molecule has 0 spiro atoms. The number of carbonyl (C=O) groups excluding carboxylic acids is 1. The van der Waals surface area contributed by atoms with Crippen LogP contribution in [0, 0.1) is 0 Å². The van der Waals surface area contributed by atoms with Gasteiger partial charge in [0.25, 0.3) is 0 Å². The van der Waals surface area contributed by atoms with E-state index in [1.165, 1.54) is 0 Å². The molecule has 1 fully saturated rings. The molecule has 1 unspecified atom stereocenters. The molecule has 1 saturated heterocycles. The number of aromatic nitrogens is 1. The molecule has 1 aliphatic rings. The number of rotatable bonds is 4. The third kappa shape index (κ3) is 3.49. The van der Waals surface area contributed by atoms with Gasteiger partial charge in [-0.2, -0.15) is 0 Å². The molecular weight excluding hydrogens is 266 g/mol. The number of hydrogen-bond acceptors (Lipinski definition) is 3. The molecule has 0 radical (unpaired) electrons. The van der Waals surface area contributed by atoms with E-state index in [0.29, 0.717) is 13.2 Å². The Hall–Kier alpha value is -2.14. The van der Waals surface area contributed by atoms with E-state index < -0.39 is 0 Å². The second-order valence-electron chi connectivity index (χ2n) is 5.20. The fraction of sp³-hybridized carbons (Fsp3) is 0.375. The van der Waals surface area contributed by atoms with E-state index in [1.54, 1.807) is 6.20 Å². The van der Waals surface area contributed by atoms with E-state index in [4.69, 9.17) is 4.74 Å². The number of para-hydroxylation sites is 1. The van der Waals surface area contributed by atoms with Crippen LogP contribution in [0.25, 0.3) is 10.9 Å². The maximum atomic E-state index is 11.8. The number of nitrogens with one attached hydrogen (secondary N) is 2. The summed E-state index contributed by atoms with van der Waals surface area (Å²) in [6, 6.07) is 10.1. The lowest BCUT2D eigenvalue weighted by molar-refractivity contribution is 0.188. The highest BCUT2D eigenvalue weighted by Crippen LogP contribution is 2.15. The topological polar surface area (TPSA) is 63.2 Å². The zero-order chi connectivity index (χ0) is 14.5. The second-order valence-corrected chi connectivity index (χ2v) is 5.20. The van der Waals surface area contributed by atoms with Crippen LogP contribution in [0.2, 0.25) is 0 Å². The molecule has 1 atom stereocenters. The van der Waals surface area contributed by atoms with Gasteiger partial charge in [0, 0.05) is 24.7 Å². The number of urea groups is 1. The number of nitrogens with zero attached hydrogens (tertiary/aromatic N) is 1. The summed E-state index contributed by atoms with van der Waals surface area (Å²) < 4.78 is 5.23. The highest BCUT2D eigenvalue weighted by Gasteiger charge is 2.17. The molecule has 1 aromatic carbocycles. The average molecular weight is 285 g/mol. The van der Waals surface area contributed by atoms with E-state index >= 15 is 0 Å². The molecule has 2 N–H and O–H groups in total. The van der Waals surface area contributed by atoms with Gasteiger partial charge in [-0.15, -0.1) is 0 Å². The van der Waals surface area contributed by atoms with Gasteiger partial charge in [-0.3, -0.25) is 4.98 Å². The van der Waals surface area contributed by atoms with Gasteiger partial charge in [0.15, 0.2) is 0 Å². The van der Waals surface area contributed by atoms with Crippen molar-refractivity contribution in [1.82, 2.24) is 15.6 Å². The van der Waals surface area contributed by atoms with Crippen molar-refractivity contribution < 1.29 is 9.53 Å². The van der Waals surface area contributed by atoms with Crippen molar-refractivity contribution in [3.05, 3.63) is 42.1 Å². The van der Waals surface area contributed by atoms with Gasteiger partial charge in [0.1, 0.15) is 0 Å². The van der Waals surface area contributed by atoms with Gasteiger partial charge in [-0.1, -0.05) is 24.3 Å². The third-order valence-corrected chi connectivity index (χ3v) is 3.66. The number of carbonyl (C=O) groups is 1. The van der Waals surface area contributed by atoms with Crippen molar-refractivity contribution in [1.29, 1.82) is 0 Å². The molecule has 5 nitrogen and oxygen atoms in total. The second kappa shape index (κ2) is 6.54. The van der Waals surface area contributed by atoms with Gasteiger partial charge >= 0.3 is 6.03 Å². The third-order valence-electron chi connectivity index (χ3n) is 3.66. The van der Waals surface area contributed by atoms with Crippen LogP contribution in [0.1, 0.15) is 12.0 Å². The number of amides is 2. The Bertz CT molecular complexity index is 618. The minimum atomic E-state index is -0.126. The summed E-state index contributed by atoms with van der Waals surface area (Å²) in [5, 5.41) is 6.93. The molecule has 0 saturated carbocycles. The molecular formula is C16H19N3O2. The Morgan fingerprint density at radius 1 is 1.33 bits per heavy atom. The van der Waals surface area contributed by atoms with Crippen LogP contribution in [0.15, 0.2) is 36.5 Å². The Morgan fingerprint density at radius 2 is 2.24 bits per heavy atom. The number of benzene rings is 1. The zero-order valence-corrected chi connectivity index (χ0v) is 11.8. The number of fused-ring (bicyclic) bond motifs is 1. The fourth-order valence-corrected chi connectivity index (χ4v) is 2.56. The van der Waals surface area contributed by atoms with Crippen LogP contribution in [0.4, 0.5) is 4.79 Å². The van der Waals surface area contributed by atoms with E-state index in [1.807, 2.05) is 24.3 Å². The molecule has 2 heterocycles. The van der Waals surface area contributed by atoms with Crippen molar-refractivity contribution in [2.75, 3.05) is 19.8 Å². The Labute approximate surface area is 123 Å². The summed E-state index contributed by atoms with van der Waals surface area (Å²) in [4.78, 5) is 16.2. The van der Waals surface area contributed by atoms with E-state index in [0.717, 1.165) is 35.9 Å². The van der Waals surface area contributed by atoms with Crippen molar-refractivity contribution in [2.45, 2.75) is 18.9 Å². The molecule has 1 aromatic heterocycles. The summed E-state index contributed by atoms with van der Waals surface area (Å²) in [5.74, 6) is 0. The number of pyridine rings is 1. The lowest BCUT2D eigenvalue weighted by Gasteiger charge is -2.12. The van der Waals surface area contributed by atoms with Gasteiger partial charge < -0.3 is 15.4 Å². The van der Waals surface area contributed by atoms with Crippen molar-refractivity contribution in [3.8, 4) is 0 Å². The predicted octanol–water partition coefficient (Wildman–Crippen LogP) is 1.87. The molecule has 21 heavy (non-hydrogen) atoms. The van der Waals surface area contributed by atoms with Gasteiger partial charge in [0.05, 0.1) is 18.2 Å². The van der Waals surface area contributed by atoms with Crippen LogP contribution in [0.3, 0.4) is 0 Å². The number of hydrogen-bond donors (Lipinski definition) is 2. The first kappa shape index (κ1) is 13.8. The largest absolute Gasteiger partial charge is 0.379 e. The number of ether oxygens (including phenoxy) is 1. The molecule has 2 amide bonds. The molecule has 1 aliphatic heterocycles. The molecule has 3 rings (SSSR count). The lowest BCUT2D eigenvalue weighted by atomic mass is 10.1. The first-order valence-electron chi connectivity index (χ1n) is 7.27. The summed E-state index contributed by atoms with van der Waals surface area (Å²) in [6.45, 7) is 1.93. The minimum Gasteiger partial charge on any atom is -0.379 e. The van der Waals surface area contributed by atoms with Gasteiger partial charge in [-0.05, 0) is 24.5 Å². The van der Waals surface area contributed by atoms with Crippen LogP contribution in [-0.4, -0.2) is 36.8 Å². The quantitative estimate of drug-likeness (QED) is 0.901. The molecule has 2 aromatic rings. The van der Waals surface area contributed by atoms with E-state index in [2.05, 4.69) is 21.7 Å². The predicted molar refractivity (Wildman–Crippen MR) is 81.2 cm³/mol. The summed E-state index contributed by atoms with van der Waals surface area (Å²) in [7, 11) is 0. The van der Waals surface area contributed by atoms with Crippen LogP contribution >= 0.6 is 0 Å². The van der Waals surface area contributed by atoms with Crippen LogP contribution < -0.4 is 10.6 Å². The van der Waals surface area contributed by atoms with Crippen LogP contribution in [-0.2, 0) is 11.2 Å². The van der Waals surface area contributed by atoms with Gasteiger partial charge in [0.2, 0.25) is 0 Å². The van der Waals surface area contributed by atoms with E-state index in [9.17, 15) is 4.79 Å². The highest BCUT2D eigenvalue weighted by molar-refractivity contribution is 5.81. The Balaban J connectivity index is 1.53. The van der Waals surface area contributed by atoms with Crippen molar-refractivity contribution >= 4 is 16.9 Å². The molecule has 5 heteroatoms. The maximum absolute atomic E-state index is 11.8. The summed E-state index contributed by atoms with van der Waals surface area (Å²) in [5.41, 5.74) is 2.16. The standard InChI is InChI=1S/C16H19N3O2/c20-16(19-14-7-10-21-11-14)18-9-6-13-4-1-3-12-5-2-8-17-15(12)13/h1-5,8,14H,6-7,9-11H2,(H2,18,19,20). The first-order chi connectivity index (χ1) is 10.3. The van der Waals surface area contributed by atoms with E-state index in [-0.39, 0.29) is 12.1 Å². The summed E-state index contributed by atoms with van der Waals surface area (Å²) in [6.07, 6.45) is 3.45. The average Bonchev–Trinajstić information content (AvgIpc) is 3.00. The van der Waals surface area contributed by atoms with Crippen molar-refractivity contribution in [3.63, 3.8) is 0 Å². The smallest absolute Gasteiger partial charge is 0.315 e. The normalized spacial score (nSPS) is 17.8. The summed E-state index contributed by atoms with van der Waals surface area (Å²) >= 11 is 0. The van der Waals surface area contributed by atoms with Crippen molar-refractivity contribution in [2.24, 2.45) is 0 Å². The Kier molecular flexibility index (Phi) is 4.31. The lowest BCUT2D eigenvalue weighted by Crippen LogP contribution is -2.42. The molecule has 110 valence electrons. The monoisotopic (exact) mass is 285 g/mol. The van der Waals surface area contributed by atoms with Gasteiger partial charge in [-0.25, -0.2) is 4.79 Å². The molecule has 0 aliphatic carbocycles. The molecule has 0 bridgehead atoms. The zero-order valence-electron chi connectivity index (χ0n) is 11.8. The maximum Gasteiger partial charge on any atom is 0.315 e. The first-order valence-corrected chi connectivity index (χ1v) is 7.27. The Morgan fingerprint density at radius 3 is 3.10 bits per heavy atom. The van der Waals surface area contributed by atoms with Crippen LogP contribution in [0.5, 0.6) is 0 Å². The minimum absolute atomic E-state index is 0.126. The highest BCUT2D eigenvalue weighted by atomic mass is 16.5. The SMILES string of the molecule is O=C(NCCc1cccc2cccnc12)NC1CCOC1.